The van der Waals surface area contributed by atoms with Gasteiger partial charge in [0.2, 0.25) is 5.78 Å². The van der Waals surface area contributed by atoms with Crippen molar-refractivity contribution in [3.63, 3.8) is 0 Å². The van der Waals surface area contributed by atoms with Gasteiger partial charge in [-0.1, -0.05) is 34.8 Å². The van der Waals surface area contributed by atoms with E-state index in [0.717, 1.165) is 0 Å². The minimum atomic E-state index is -0.500. The molecule has 1 heterocycles. The lowest BCUT2D eigenvalue weighted by Crippen LogP contribution is -2.19. The second kappa shape index (κ2) is 4.80. The summed E-state index contributed by atoms with van der Waals surface area (Å²) in [6.45, 7) is 0. The van der Waals surface area contributed by atoms with Gasteiger partial charge in [-0.05, 0) is 12.1 Å². The van der Waals surface area contributed by atoms with Gasteiger partial charge in [0.15, 0.2) is 0 Å². The number of H-pyrrole nitrogens is 1. The average Bonchev–Trinajstić information content (AvgIpc) is 2.67. The highest BCUT2D eigenvalue weighted by molar-refractivity contribution is 6.49. The van der Waals surface area contributed by atoms with Crippen LogP contribution in [0.4, 0.5) is 0 Å². The maximum absolute atomic E-state index is 12.1. The van der Waals surface area contributed by atoms with E-state index in [9.17, 15) is 9.59 Å². The minimum absolute atomic E-state index is 0.00205. The van der Waals surface area contributed by atoms with Gasteiger partial charge in [-0.2, -0.15) is 0 Å². The Labute approximate surface area is 117 Å². The quantitative estimate of drug-likeness (QED) is 0.685. The predicted octanol–water partition coefficient (Wildman–Crippen LogP) is 2.90. The van der Waals surface area contributed by atoms with E-state index in [-0.39, 0.29) is 26.2 Å². The summed E-state index contributed by atoms with van der Waals surface area (Å²) in [6.07, 6.45) is 1.32. The smallest absolute Gasteiger partial charge is 0.277 e. The predicted molar refractivity (Wildman–Crippen MR) is 70.9 cm³/mol. The van der Waals surface area contributed by atoms with E-state index in [0.29, 0.717) is 0 Å². The number of rotatable bonds is 2. The number of aryl methyl sites for hydroxylation is 1. The molecule has 0 aliphatic heterocycles. The number of aromatic nitrogens is 2. The van der Waals surface area contributed by atoms with Crippen molar-refractivity contribution < 1.29 is 4.79 Å². The molecule has 0 spiro atoms. The zero-order valence-corrected chi connectivity index (χ0v) is 11.4. The van der Waals surface area contributed by atoms with E-state index < -0.39 is 11.3 Å². The third kappa shape index (κ3) is 2.07. The highest BCUT2D eigenvalue weighted by Crippen LogP contribution is 2.33. The molecule has 1 aromatic carbocycles. The normalized spacial score (nSPS) is 10.7. The standard InChI is InChI=1S/C11H7Cl3N2O2/c1-16-11(18)6(4-15-16)10(17)5-2-3-7(12)9(14)8(5)13/h2-4,15H,1H3. The summed E-state index contributed by atoms with van der Waals surface area (Å²) in [6, 6.07) is 2.89. The number of ketones is 1. The van der Waals surface area contributed by atoms with Crippen LogP contribution in [-0.2, 0) is 7.05 Å². The van der Waals surface area contributed by atoms with Gasteiger partial charge in [0.25, 0.3) is 5.56 Å². The Bertz CT molecular complexity index is 688. The summed E-state index contributed by atoms with van der Waals surface area (Å²) < 4.78 is 1.19. The number of carbonyl (C=O) groups is 1. The molecule has 94 valence electrons. The number of nitrogens with zero attached hydrogens (tertiary/aromatic N) is 1. The molecule has 0 amide bonds. The number of halogens is 3. The fourth-order valence-electron chi connectivity index (χ4n) is 1.47. The molecule has 0 aliphatic rings. The maximum Gasteiger partial charge on any atom is 0.277 e. The fraction of sp³-hybridized carbons (Fsp3) is 0.0909. The third-order valence-electron chi connectivity index (χ3n) is 2.46. The van der Waals surface area contributed by atoms with Crippen LogP contribution in [0, 0.1) is 0 Å². The van der Waals surface area contributed by atoms with Gasteiger partial charge in [0.05, 0.1) is 15.1 Å². The van der Waals surface area contributed by atoms with Crippen molar-refractivity contribution in [3.8, 4) is 0 Å². The summed E-state index contributed by atoms with van der Waals surface area (Å²) in [5.74, 6) is -0.500. The molecule has 0 unspecified atom stereocenters. The van der Waals surface area contributed by atoms with Gasteiger partial charge in [0, 0.05) is 18.8 Å². The molecule has 2 aromatic rings. The van der Waals surface area contributed by atoms with Crippen LogP contribution in [0.5, 0.6) is 0 Å². The van der Waals surface area contributed by atoms with Gasteiger partial charge >= 0.3 is 0 Å². The average molecular weight is 306 g/mol. The molecular weight excluding hydrogens is 298 g/mol. The van der Waals surface area contributed by atoms with E-state index in [1.807, 2.05) is 0 Å². The van der Waals surface area contributed by atoms with Crippen LogP contribution < -0.4 is 5.56 Å². The Balaban J connectivity index is 2.57. The lowest BCUT2D eigenvalue weighted by molar-refractivity contribution is 0.103. The molecule has 0 atom stereocenters. The van der Waals surface area contributed by atoms with Crippen molar-refractivity contribution in [2.45, 2.75) is 0 Å². The number of nitrogens with one attached hydrogen (secondary N) is 1. The first-order chi connectivity index (χ1) is 8.43. The van der Waals surface area contributed by atoms with Gasteiger partial charge < -0.3 is 5.10 Å². The van der Waals surface area contributed by atoms with E-state index in [1.165, 1.54) is 30.1 Å². The van der Waals surface area contributed by atoms with E-state index >= 15 is 0 Å². The SMILES string of the molecule is Cn1[nH]cc(C(=O)c2ccc(Cl)c(Cl)c2Cl)c1=O. The van der Waals surface area contributed by atoms with Gasteiger partial charge in [0.1, 0.15) is 5.56 Å². The summed E-state index contributed by atoms with van der Waals surface area (Å²) in [5, 5.41) is 3.00. The number of benzene rings is 1. The molecule has 0 saturated heterocycles. The highest BCUT2D eigenvalue weighted by atomic mass is 35.5. The van der Waals surface area contributed by atoms with Crippen molar-refractivity contribution in [2.24, 2.45) is 7.05 Å². The molecule has 0 fully saturated rings. The number of hydrogen-bond donors (Lipinski definition) is 1. The number of aromatic amines is 1. The first kappa shape index (κ1) is 13.2. The van der Waals surface area contributed by atoms with Gasteiger partial charge in [-0.3, -0.25) is 14.3 Å². The van der Waals surface area contributed by atoms with Crippen LogP contribution in [0.3, 0.4) is 0 Å². The van der Waals surface area contributed by atoms with Crippen molar-refractivity contribution >= 4 is 40.6 Å². The molecule has 1 N–H and O–H groups in total. The Hall–Kier alpha value is -1.23. The van der Waals surface area contributed by atoms with Crippen LogP contribution in [0.1, 0.15) is 15.9 Å². The summed E-state index contributed by atoms with van der Waals surface area (Å²) in [7, 11) is 1.51. The van der Waals surface area contributed by atoms with Crippen LogP contribution in [0.25, 0.3) is 0 Å². The molecule has 4 nitrogen and oxygen atoms in total. The molecule has 2 rings (SSSR count). The summed E-state index contributed by atoms with van der Waals surface area (Å²) in [5.41, 5.74) is -0.289. The lowest BCUT2D eigenvalue weighted by Gasteiger charge is -2.04. The Morgan fingerprint density at radius 1 is 1.17 bits per heavy atom. The first-order valence-electron chi connectivity index (χ1n) is 4.86. The van der Waals surface area contributed by atoms with E-state index in [4.69, 9.17) is 34.8 Å². The minimum Gasteiger partial charge on any atom is -0.302 e. The second-order valence-corrected chi connectivity index (χ2v) is 4.77. The Morgan fingerprint density at radius 2 is 1.83 bits per heavy atom. The van der Waals surface area contributed by atoms with E-state index in [2.05, 4.69) is 5.10 Å². The zero-order chi connectivity index (χ0) is 13.4. The van der Waals surface area contributed by atoms with E-state index in [1.54, 1.807) is 0 Å². The monoisotopic (exact) mass is 304 g/mol. The van der Waals surface area contributed by atoms with Crippen LogP contribution in [0.15, 0.2) is 23.1 Å². The van der Waals surface area contributed by atoms with Crippen molar-refractivity contribution in [3.05, 3.63) is 54.9 Å². The van der Waals surface area contributed by atoms with Crippen LogP contribution >= 0.6 is 34.8 Å². The molecule has 18 heavy (non-hydrogen) atoms. The Morgan fingerprint density at radius 3 is 2.39 bits per heavy atom. The van der Waals surface area contributed by atoms with Crippen molar-refractivity contribution in [2.75, 3.05) is 0 Å². The highest BCUT2D eigenvalue weighted by Gasteiger charge is 2.20. The van der Waals surface area contributed by atoms with Crippen molar-refractivity contribution in [1.29, 1.82) is 0 Å². The topological polar surface area (TPSA) is 54.9 Å². The molecule has 1 aromatic heterocycles. The van der Waals surface area contributed by atoms with Gasteiger partial charge in [-0.25, -0.2) is 0 Å². The maximum atomic E-state index is 12.1. The summed E-state index contributed by atoms with van der Waals surface area (Å²) in [4.78, 5) is 23.8. The molecule has 0 saturated carbocycles. The Kier molecular flexibility index (Phi) is 3.52. The van der Waals surface area contributed by atoms with Crippen LogP contribution in [0.2, 0.25) is 15.1 Å². The van der Waals surface area contributed by atoms with Gasteiger partial charge in [-0.15, -0.1) is 0 Å². The largest absolute Gasteiger partial charge is 0.302 e. The molecule has 0 aliphatic carbocycles. The molecule has 7 heteroatoms. The fourth-order valence-corrected chi connectivity index (χ4v) is 2.09. The molecular formula is C11H7Cl3N2O2. The third-order valence-corrected chi connectivity index (χ3v) is 3.76. The zero-order valence-electron chi connectivity index (χ0n) is 9.13. The molecule has 0 radical (unpaired) electrons. The number of carbonyl (C=O) groups excluding carboxylic acids is 1. The lowest BCUT2D eigenvalue weighted by atomic mass is 10.1. The first-order valence-corrected chi connectivity index (χ1v) is 5.99. The summed E-state index contributed by atoms with van der Waals surface area (Å²) >= 11 is 17.6. The molecule has 0 bridgehead atoms. The van der Waals surface area contributed by atoms with Crippen LogP contribution in [-0.4, -0.2) is 15.6 Å². The second-order valence-electron chi connectivity index (χ2n) is 3.60. The van der Waals surface area contributed by atoms with Crippen molar-refractivity contribution in [1.82, 2.24) is 9.78 Å². The number of hydrogen-bond acceptors (Lipinski definition) is 2.